The van der Waals surface area contributed by atoms with Crippen molar-refractivity contribution >= 4 is 83.6 Å². The van der Waals surface area contributed by atoms with Gasteiger partial charge in [0.15, 0.2) is 0 Å². The lowest BCUT2D eigenvalue weighted by Crippen LogP contribution is -2.47. The van der Waals surface area contributed by atoms with Gasteiger partial charge in [-0.1, -0.05) is 70.9 Å². The van der Waals surface area contributed by atoms with Crippen LogP contribution in [0.1, 0.15) is 38.5 Å². The normalized spacial score (nSPS) is 10.6. The van der Waals surface area contributed by atoms with Crippen molar-refractivity contribution < 1.29 is 153 Å². The molecule has 0 aromatic heterocycles. The molecule has 97 heavy (non-hydrogen) atoms. The van der Waals surface area contributed by atoms with Crippen molar-refractivity contribution in [3.63, 3.8) is 0 Å². The number of esters is 11. The maximum atomic E-state index is 12.2. The van der Waals surface area contributed by atoms with Gasteiger partial charge in [-0.25, -0.2) is 38.4 Å². The molecule has 538 valence electrons. The van der Waals surface area contributed by atoms with E-state index >= 15 is 0 Å². The van der Waals surface area contributed by atoms with E-state index in [0.29, 0.717) is 19.8 Å². The maximum Gasteiger partial charge on any atom is 0.330 e. The molecule has 0 unspecified atom stereocenters. The highest BCUT2D eigenvalue weighted by Gasteiger charge is 2.42. The van der Waals surface area contributed by atoms with Gasteiger partial charge < -0.3 is 86.4 Å². The van der Waals surface area contributed by atoms with Gasteiger partial charge in [0, 0.05) is 48.6 Å². The number of carboxylic acid groups (broad SMARTS) is 3. The number of carbonyl (C=O) groups is 14. The lowest BCUT2D eigenvalue weighted by atomic mass is 9.90. The predicted octanol–water partition coefficient (Wildman–Crippen LogP) is 3.59. The van der Waals surface area contributed by atoms with Gasteiger partial charge in [0.1, 0.15) is 78.1 Å². The van der Waals surface area contributed by atoms with E-state index < -0.39 is 210 Å². The SMILES string of the molecule is C=CC(=O)OCC(COC(=O)C=C)(COC(=O)C=C)COC(=O)CCC(=O)O.C=CC(=O)OCC(COCC(COC(=O)C=C)(COC(=O)C=C)COC(=O)CCC(=O)O)(COC(=O)C=C)COC(=O)C=C.C=CCOCC(COCC=C)(COCC=C)COC(=O)CCC(=O)O. The molecule has 0 radical (unpaired) electrons. The molecule has 0 amide bonds. The molecule has 0 aromatic carbocycles. The summed E-state index contributed by atoms with van der Waals surface area (Å²) in [5.74, 6) is -12.7. The number of carboxylic acids is 3. The number of carbonyl (C=O) groups excluding carboxylic acids is 11. The summed E-state index contributed by atoms with van der Waals surface area (Å²) in [7, 11) is 0. The van der Waals surface area contributed by atoms with E-state index in [1.54, 1.807) is 18.2 Å². The van der Waals surface area contributed by atoms with Crippen molar-refractivity contribution in [2.75, 3.05) is 126 Å². The quantitative estimate of drug-likeness (QED) is 0.0257. The van der Waals surface area contributed by atoms with Crippen molar-refractivity contribution in [1.82, 2.24) is 0 Å². The van der Waals surface area contributed by atoms with Crippen LogP contribution < -0.4 is 0 Å². The van der Waals surface area contributed by atoms with Crippen molar-refractivity contribution in [1.29, 1.82) is 0 Å². The van der Waals surface area contributed by atoms with E-state index in [0.717, 1.165) is 48.6 Å². The summed E-state index contributed by atoms with van der Waals surface area (Å²) in [6.07, 6.45) is 9.42. The Balaban J connectivity index is -0.00000144. The minimum Gasteiger partial charge on any atom is -0.481 e. The molecule has 0 saturated heterocycles. The van der Waals surface area contributed by atoms with Gasteiger partial charge >= 0.3 is 83.6 Å². The third kappa shape index (κ3) is 47.2. The fraction of sp³-hybridized carbons (Fsp3) is 0.446. The first-order valence-corrected chi connectivity index (χ1v) is 28.6. The molecule has 0 aliphatic rings. The van der Waals surface area contributed by atoms with E-state index in [1.165, 1.54) is 0 Å². The van der Waals surface area contributed by atoms with Crippen LogP contribution in [0.4, 0.5) is 0 Å². The van der Waals surface area contributed by atoms with Crippen molar-refractivity contribution in [2.45, 2.75) is 38.5 Å². The summed E-state index contributed by atoms with van der Waals surface area (Å²) in [5.41, 5.74) is -5.33. The van der Waals surface area contributed by atoms with Gasteiger partial charge in [-0.15, -0.1) is 19.7 Å². The van der Waals surface area contributed by atoms with E-state index in [9.17, 15) is 67.1 Å². The molecule has 32 nitrogen and oxygen atoms in total. The second kappa shape index (κ2) is 53.9. The molecule has 0 spiro atoms. The average Bonchev–Trinajstić information content (AvgIpc) is 0.922. The molecule has 3 N–H and O–H groups in total. The fourth-order valence-electron chi connectivity index (χ4n) is 6.37. The maximum absolute atomic E-state index is 12.2. The van der Waals surface area contributed by atoms with Gasteiger partial charge in [0.05, 0.1) is 108 Å². The zero-order valence-electron chi connectivity index (χ0n) is 54.0. The Labute approximate surface area is 560 Å². The number of hydrogen-bond acceptors (Lipinski definition) is 29. The zero-order valence-corrected chi connectivity index (χ0v) is 54.0. The lowest BCUT2D eigenvalue weighted by Gasteiger charge is -2.35. The Hall–Kier alpha value is -10.4. The smallest absolute Gasteiger partial charge is 0.330 e. The fourth-order valence-corrected chi connectivity index (χ4v) is 6.37. The van der Waals surface area contributed by atoms with E-state index in [1.807, 2.05) is 0 Å². The molecule has 32 heteroatoms. The summed E-state index contributed by atoms with van der Waals surface area (Å²) in [6.45, 7) is 32.4. The van der Waals surface area contributed by atoms with Crippen molar-refractivity contribution in [3.8, 4) is 0 Å². The summed E-state index contributed by atoms with van der Waals surface area (Å²) >= 11 is 0. The molecule has 0 fully saturated rings. The molecular formula is C65H86O32. The number of aliphatic carboxylic acids is 3. The van der Waals surface area contributed by atoms with Crippen molar-refractivity contribution in [2.24, 2.45) is 21.7 Å². The number of hydrogen-bond donors (Lipinski definition) is 3. The Morgan fingerprint density at radius 3 is 0.546 bits per heavy atom. The van der Waals surface area contributed by atoms with Gasteiger partial charge in [-0.2, -0.15) is 0 Å². The van der Waals surface area contributed by atoms with Crippen LogP contribution in [-0.4, -0.2) is 224 Å². The summed E-state index contributed by atoms with van der Waals surface area (Å²) in [6, 6.07) is 0. The molecule has 0 heterocycles. The van der Waals surface area contributed by atoms with E-state index in [2.05, 4.69) is 72.4 Å². The molecule has 0 bridgehead atoms. The lowest BCUT2D eigenvalue weighted by molar-refractivity contribution is -0.173. The van der Waals surface area contributed by atoms with Crippen LogP contribution in [0.5, 0.6) is 0 Å². The highest BCUT2D eigenvalue weighted by molar-refractivity contribution is 5.84. The highest BCUT2D eigenvalue weighted by Crippen LogP contribution is 2.28. The first-order chi connectivity index (χ1) is 46.0. The third-order valence-corrected chi connectivity index (χ3v) is 11.5. The average molecular weight is 1380 g/mol. The van der Waals surface area contributed by atoms with Crippen LogP contribution in [0.25, 0.3) is 0 Å². The van der Waals surface area contributed by atoms with E-state index in [4.69, 9.17) is 86.4 Å². The third-order valence-electron chi connectivity index (χ3n) is 11.5. The van der Waals surface area contributed by atoms with Crippen LogP contribution in [0, 0.1) is 21.7 Å². The summed E-state index contributed by atoms with van der Waals surface area (Å²) < 4.78 is 78.4. The molecule has 0 rings (SSSR count). The topological polar surface area (TPSA) is 438 Å². The molecular weight excluding hydrogens is 1290 g/mol. The van der Waals surface area contributed by atoms with Crippen LogP contribution in [-0.2, 0) is 138 Å². The first kappa shape index (κ1) is 90.8. The minimum absolute atomic E-state index is 0.0170. The summed E-state index contributed by atoms with van der Waals surface area (Å²) in [5, 5.41) is 26.1. The zero-order chi connectivity index (χ0) is 74.1. The second-order valence-electron chi connectivity index (χ2n) is 20.1. The van der Waals surface area contributed by atoms with Gasteiger partial charge in [0.25, 0.3) is 0 Å². The Kier molecular flexibility index (Phi) is 50.4. The van der Waals surface area contributed by atoms with E-state index in [-0.39, 0.29) is 39.3 Å². The van der Waals surface area contributed by atoms with Crippen LogP contribution >= 0.6 is 0 Å². The standard InChI is InChI=1S/C29H36O15.C18H22O10.C18H28O7/c1-6-22(32)39-15-28(16-40-23(33)7-2,17-41-24(34)8-3)13-38-14-29(18-42-25(35)9-4,19-43-26(36)10-5)20-44-27(37)12-11-21(30)31;1-4-14(21)25-9-18(10-26-15(22)5-2,11-27-16(23)6-3)12-28-17(24)8-7-13(19)20;1-4-9-22-12-18(13-23-10-5-2,14-24-11-6-3)15-25-17(21)8-7-16(19)20/h6-10H,1-5,11-20H2,(H,30,31);4-6H,1-3,7-12H2,(H,19,20);4-6H,1-3,7-15H2,(H,19,20). The molecule has 0 aliphatic heterocycles. The van der Waals surface area contributed by atoms with Gasteiger partial charge in [-0.3, -0.25) is 28.8 Å². The van der Waals surface area contributed by atoms with Crippen molar-refractivity contribution in [3.05, 3.63) is 139 Å². The molecule has 0 aliphatic carbocycles. The Morgan fingerprint density at radius 2 is 0.381 bits per heavy atom. The van der Waals surface area contributed by atoms with Crippen LogP contribution in [0.15, 0.2) is 139 Å². The predicted molar refractivity (Wildman–Crippen MR) is 336 cm³/mol. The number of ether oxygens (including phenoxy) is 15. The van der Waals surface area contributed by atoms with Gasteiger partial charge in [-0.05, 0) is 0 Å². The monoisotopic (exact) mass is 1380 g/mol. The first-order valence-electron chi connectivity index (χ1n) is 28.6. The van der Waals surface area contributed by atoms with Gasteiger partial charge in [0.2, 0.25) is 0 Å². The minimum atomic E-state index is -1.60. The summed E-state index contributed by atoms with van der Waals surface area (Å²) in [4.78, 5) is 161. The molecule has 0 saturated carbocycles. The number of rotatable bonds is 55. The second-order valence-corrected chi connectivity index (χ2v) is 20.1. The van der Waals surface area contributed by atoms with Crippen LogP contribution in [0.2, 0.25) is 0 Å². The molecule has 0 aromatic rings. The highest BCUT2D eigenvalue weighted by atomic mass is 16.6. The molecule has 0 atom stereocenters. The largest absolute Gasteiger partial charge is 0.481 e. The Bertz CT molecular complexity index is 2540. The van der Waals surface area contributed by atoms with Crippen LogP contribution in [0.3, 0.4) is 0 Å². The Morgan fingerprint density at radius 1 is 0.227 bits per heavy atom.